The van der Waals surface area contributed by atoms with Crippen molar-refractivity contribution in [1.82, 2.24) is 10.2 Å². The Hall–Kier alpha value is -0.570. The molecule has 3 nitrogen and oxygen atoms in total. The van der Waals surface area contributed by atoms with E-state index in [-0.39, 0.29) is 5.91 Å². The molecule has 3 heteroatoms. The third kappa shape index (κ3) is 2.54. The molecule has 1 amide bonds. The van der Waals surface area contributed by atoms with Crippen LogP contribution in [0.2, 0.25) is 0 Å². The standard InChI is InChI=1S/C16H28N2O/c1-18(2)16(19)7-4-8-17-15-10-11-9-14(15)13-6-3-5-12(11)13/h11-15,17H,3-10H2,1-2H3/t11-,12+,13+,14+,15-/m1/s1. The maximum absolute atomic E-state index is 11.5. The van der Waals surface area contributed by atoms with Gasteiger partial charge in [0.1, 0.15) is 0 Å². The molecular formula is C16H28N2O. The summed E-state index contributed by atoms with van der Waals surface area (Å²) >= 11 is 0. The van der Waals surface area contributed by atoms with Gasteiger partial charge in [-0.3, -0.25) is 4.79 Å². The number of nitrogens with zero attached hydrogens (tertiary/aromatic N) is 1. The summed E-state index contributed by atoms with van der Waals surface area (Å²) in [4.78, 5) is 13.2. The highest BCUT2D eigenvalue weighted by Crippen LogP contribution is 2.58. The second-order valence-corrected chi connectivity index (χ2v) is 7.11. The zero-order valence-electron chi connectivity index (χ0n) is 12.4. The lowest BCUT2D eigenvalue weighted by Gasteiger charge is -2.32. The predicted octanol–water partition coefficient (Wildman–Crippen LogP) is 2.27. The second kappa shape index (κ2) is 5.43. The van der Waals surface area contributed by atoms with Gasteiger partial charge in [0, 0.05) is 26.6 Å². The van der Waals surface area contributed by atoms with E-state index in [1.807, 2.05) is 14.1 Å². The van der Waals surface area contributed by atoms with E-state index in [0.29, 0.717) is 6.42 Å². The summed E-state index contributed by atoms with van der Waals surface area (Å²) in [7, 11) is 3.68. The highest BCUT2D eigenvalue weighted by molar-refractivity contribution is 5.75. The number of carbonyl (C=O) groups excluding carboxylic acids is 1. The fourth-order valence-corrected chi connectivity index (χ4v) is 5.05. The summed E-state index contributed by atoms with van der Waals surface area (Å²) in [5.74, 6) is 4.36. The first-order chi connectivity index (χ1) is 9.16. The van der Waals surface area contributed by atoms with Crippen LogP contribution in [0.3, 0.4) is 0 Å². The van der Waals surface area contributed by atoms with Crippen molar-refractivity contribution in [3.8, 4) is 0 Å². The quantitative estimate of drug-likeness (QED) is 0.773. The number of rotatable bonds is 5. The molecule has 3 saturated carbocycles. The Bertz CT molecular complexity index is 342. The molecular weight excluding hydrogens is 236 g/mol. The van der Waals surface area contributed by atoms with Crippen LogP contribution >= 0.6 is 0 Å². The second-order valence-electron chi connectivity index (χ2n) is 7.11. The molecule has 0 aromatic carbocycles. The van der Waals surface area contributed by atoms with Crippen LogP contribution in [0.5, 0.6) is 0 Å². The number of hydrogen-bond donors (Lipinski definition) is 1. The fraction of sp³-hybridized carbons (Fsp3) is 0.938. The van der Waals surface area contributed by atoms with Crippen LogP contribution in [0, 0.1) is 23.7 Å². The van der Waals surface area contributed by atoms with E-state index in [9.17, 15) is 4.79 Å². The van der Waals surface area contributed by atoms with E-state index in [1.165, 1.54) is 32.1 Å². The van der Waals surface area contributed by atoms with Gasteiger partial charge in [-0.2, -0.15) is 0 Å². The first kappa shape index (κ1) is 13.4. The zero-order chi connectivity index (χ0) is 13.4. The van der Waals surface area contributed by atoms with E-state index in [4.69, 9.17) is 0 Å². The molecule has 0 saturated heterocycles. The van der Waals surface area contributed by atoms with Crippen LogP contribution < -0.4 is 5.32 Å². The van der Waals surface area contributed by atoms with Crippen molar-refractivity contribution >= 4 is 5.91 Å². The van der Waals surface area contributed by atoms with Crippen LogP contribution in [0.1, 0.15) is 44.9 Å². The Morgan fingerprint density at radius 1 is 1.16 bits per heavy atom. The molecule has 0 aromatic rings. The van der Waals surface area contributed by atoms with E-state index >= 15 is 0 Å². The van der Waals surface area contributed by atoms with Gasteiger partial charge in [-0.25, -0.2) is 0 Å². The molecule has 1 N–H and O–H groups in total. The number of amides is 1. The van der Waals surface area contributed by atoms with E-state index in [0.717, 1.165) is 42.7 Å². The highest BCUT2D eigenvalue weighted by Gasteiger charge is 2.53. The van der Waals surface area contributed by atoms with Gasteiger partial charge in [-0.15, -0.1) is 0 Å². The summed E-state index contributed by atoms with van der Waals surface area (Å²) < 4.78 is 0. The monoisotopic (exact) mass is 264 g/mol. The molecule has 0 aliphatic heterocycles. The van der Waals surface area contributed by atoms with Gasteiger partial charge < -0.3 is 10.2 Å². The Labute approximate surface area is 117 Å². The van der Waals surface area contributed by atoms with Gasteiger partial charge in [0.15, 0.2) is 0 Å². The summed E-state index contributed by atoms with van der Waals surface area (Å²) in [5.41, 5.74) is 0. The predicted molar refractivity (Wildman–Crippen MR) is 76.8 cm³/mol. The minimum Gasteiger partial charge on any atom is -0.349 e. The molecule has 0 aromatic heterocycles. The van der Waals surface area contributed by atoms with Crippen LogP contribution in [0.25, 0.3) is 0 Å². The van der Waals surface area contributed by atoms with Gasteiger partial charge in [-0.1, -0.05) is 6.42 Å². The van der Waals surface area contributed by atoms with Crippen LogP contribution in [0.15, 0.2) is 0 Å². The molecule has 0 radical (unpaired) electrons. The smallest absolute Gasteiger partial charge is 0.222 e. The lowest BCUT2D eigenvalue weighted by molar-refractivity contribution is -0.128. The average Bonchev–Trinajstić information content (AvgIpc) is 3.05. The van der Waals surface area contributed by atoms with Gasteiger partial charge in [0.05, 0.1) is 0 Å². The van der Waals surface area contributed by atoms with Gasteiger partial charge in [0.25, 0.3) is 0 Å². The van der Waals surface area contributed by atoms with Gasteiger partial charge >= 0.3 is 0 Å². The third-order valence-electron chi connectivity index (χ3n) is 5.90. The number of nitrogens with one attached hydrogen (secondary N) is 1. The van der Waals surface area contributed by atoms with Gasteiger partial charge in [-0.05, 0) is 62.3 Å². The van der Waals surface area contributed by atoms with Crippen molar-refractivity contribution in [3.05, 3.63) is 0 Å². The highest BCUT2D eigenvalue weighted by atomic mass is 16.2. The largest absolute Gasteiger partial charge is 0.349 e. The van der Waals surface area contributed by atoms with Crippen molar-refractivity contribution in [1.29, 1.82) is 0 Å². The van der Waals surface area contributed by atoms with Crippen molar-refractivity contribution in [2.75, 3.05) is 20.6 Å². The number of carbonyl (C=O) groups is 1. The molecule has 108 valence electrons. The molecule has 3 aliphatic rings. The van der Waals surface area contributed by atoms with Gasteiger partial charge in [0.2, 0.25) is 5.91 Å². The van der Waals surface area contributed by atoms with Crippen molar-refractivity contribution in [2.45, 2.75) is 51.0 Å². The van der Waals surface area contributed by atoms with Crippen molar-refractivity contribution in [3.63, 3.8) is 0 Å². The molecule has 0 spiro atoms. The van der Waals surface area contributed by atoms with Crippen LogP contribution in [0.4, 0.5) is 0 Å². The molecule has 0 unspecified atom stereocenters. The summed E-state index contributed by atoms with van der Waals surface area (Å²) in [6.45, 7) is 1.02. The molecule has 3 aliphatic carbocycles. The SMILES string of the molecule is CN(C)C(=O)CCCN[C@@H]1C[C@H]2C[C@H]1[C@H]1CCC[C@@H]21. The number of fused-ring (bicyclic) bond motifs is 5. The van der Waals surface area contributed by atoms with Crippen molar-refractivity contribution in [2.24, 2.45) is 23.7 Å². The maximum Gasteiger partial charge on any atom is 0.222 e. The average molecular weight is 264 g/mol. The minimum atomic E-state index is 0.255. The molecule has 5 atom stereocenters. The van der Waals surface area contributed by atoms with E-state index < -0.39 is 0 Å². The van der Waals surface area contributed by atoms with E-state index in [2.05, 4.69) is 5.32 Å². The van der Waals surface area contributed by atoms with Crippen molar-refractivity contribution < 1.29 is 4.79 Å². The normalized spacial score (nSPS) is 39.6. The Kier molecular flexibility index (Phi) is 3.84. The summed E-state index contributed by atoms with van der Waals surface area (Å²) in [6.07, 6.45) is 9.05. The lowest BCUT2D eigenvalue weighted by Crippen LogP contribution is -2.40. The molecule has 2 bridgehead atoms. The van der Waals surface area contributed by atoms with Crippen LogP contribution in [-0.4, -0.2) is 37.5 Å². The first-order valence-electron chi connectivity index (χ1n) is 8.10. The third-order valence-corrected chi connectivity index (χ3v) is 5.90. The van der Waals surface area contributed by atoms with Crippen LogP contribution in [-0.2, 0) is 4.79 Å². The topological polar surface area (TPSA) is 32.3 Å². The molecule has 19 heavy (non-hydrogen) atoms. The Balaban J connectivity index is 1.39. The molecule has 0 heterocycles. The number of hydrogen-bond acceptors (Lipinski definition) is 2. The summed E-state index contributed by atoms with van der Waals surface area (Å²) in [6, 6.07) is 0.763. The minimum absolute atomic E-state index is 0.255. The maximum atomic E-state index is 11.5. The van der Waals surface area contributed by atoms with E-state index in [1.54, 1.807) is 4.90 Å². The fourth-order valence-electron chi connectivity index (χ4n) is 5.05. The Morgan fingerprint density at radius 2 is 1.95 bits per heavy atom. The lowest BCUT2D eigenvalue weighted by atomic mass is 9.79. The molecule has 3 rings (SSSR count). The first-order valence-corrected chi connectivity index (χ1v) is 8.10. The summed E-state index contributed by atoms with van der Waals surface area (Å²) in [5, 5.41) is 3.75. The zero-order valence-corrected chi connectivity index (χ0v) is 12.4. The molecule has 3 fully saturated rings. The Morgan fingerprint density at radius 3 is 2.74 bits per heavy atom.